The first kappa shape index (κ1) is 15.0. The highest BCUT2D eigenvalue weighted by Gasteiger charge is 2.25. The van der Waals surface area contributed by atoms with Gasteiger partial charge in [-0.25, -0.2) is 9.97 Å². The molecule has 0 saturated heterocycles. The Labute approximate surface area is 141 Å². The van der Waals surface area contributed by atoms with Crippen molar-refractivity contribution in [2.45, 2.75) is 30.8 Å². The zero-order valence-electron chi connectivity index (χ0n) is 13.5. The number of rotatable bonds is 2. The maximum atomic E-state index is 4.92. The van der Waals surface area contributed by atoms with Crippen LogP contribution in [0.25, 0.3) is 0 Å². The molecule has 1 aromatic carbocycles. The van der Waals surface area contributed by atoms with Crippen molar-refractivity contribution in [3.05, 3.63) is 41.1 Å². The lowest BCUT2D eigenvalue weighted by Crippen LogP contribution is -2.27. The van der Waals surface area contributed by atoms with Crippen LogP contribution in [0.2, 0.25) is 0 Å². The summed E-state index contributed by atoms with van der Waals surface area (Å²) >= 11 is 1.64. The van der Waals surface area contributed by atoms with Crippen LogP contribution in [0.3, 0.4) is 0 Å². The zero-order chi connectivity index (χ0) is 15.6. The number of hydrogen-bond acceptors (Lipinski definition) is 5. The molecule has 4 rings (SSSR count). The molecular weight excluding hydrogens is 304 g/mol. The second-order valence-electron chi connectivity index (χ2n) is 6.09. The fraction of sp³-hybridized carbons (Fsp3) is 0.444. The SMILES string of the molecule is CSc1nc2c(c(N3CCCc4ccccc43)n1)CCNCC2. The lowest BCUT2D eigenvalue weighted by molar-refractivity contribution is 0.707. The summed E-state index contributed by atoms with van der Waals surface area (Å²) in [6.45, 7) is 3.06. The van der Waals surface area contributed by atoms with Gasteiger partial charge in [-0.2, -0.15) is 0 Å². The summed E-state index contributed by atoms with van der Waals surface area (Å²) in [5.74, 6) is 1.13. The predicted molar refractivity (Wildman–Crippen MR) is 95.9 cm³/mol. The third kappa shape index (κ3) is 2.83. The third-order valence-electron chi connectivity index (χ3n) is 4.69. The highest BCUT2D eigenvalue weighted by Crippen LogP contribution is 2.36. The Morgan fingerprint density at radius 2 is 1.96 bits per heavy atom. The molecule has 0 saturated carbocycles. The first-order valence-electron chi connectivity index (χ1n) is 8.37. The van der Waals surface area contributed by atoms with Crippen LogP contribution in [-0.2, 0) is 19.3 Å². The maximum absolute atomic E-state index is 4.92. The van der Waals surface area contributed by atoms with Gasteiger partial charge in [0.05, 0.1) is 5.69 Å². The Morgan fingerprint density at radius 1 is 1.09 bits per heavy atom. The number of hydrogen-bond donors (Lipinski definition) is 1. The van der Waals surface area contributed by atoms with Crippen molar-refractivity contribution in [3.8, 4) is 0 Å². The molecule has 0 unspecified atom stereocenters. The Balaban J connectivity index is 1.85. The normalized spacial score (nSPS) is 17.3. The summed E-state index contributed by atoms with van der Waals surface area (Å²) < 4.78 is 0. The van der Waals surface area contributed by atoms with E-state index in [1.165, 1.54) is 28.9 Å². The van der Waals surface area contributed by atoms with Crippen LogP contribution in [0.5, 0.6) is 0 Å². The summed E-state index contributed by atoms with van der Waals surface area (Å²) in [4.78, 5) is 12.1. The van der Waals surface area contributed by atoms with Gasteiger partial charge >= 0.3 is 0 Å². The minimum Gasteiger partial charge on any atom is -0.326 e. The number of nitrogens with one attached hydrogen (secondary N) is 1. The Kier molecular flexibility index (Phi) is 4.23. The molecule has 2 aromatic rings. The molecule has 1 N–H and O–H groups in total. The average Bonchev–Trinajstić information content (AvgIpc) is 2.85. The second kappa shape index (κ2) is 6.49. The molecule has 120 valence electrons. The van der Waals surface area contributed by atoms with Gasteiger partial charge in [0, 0.05) is 30.8 Å². The molecule has 0 atom stereocenters. The van der Waals surface area contributed by atoms with Crippen LogP contribution in [0.15, 0.2) is 29.4 Å². The van der Waals surface area contributed by atoms with Crippen LogP contribution in [0, 0.1) is 0 Å². The second-order valence-corrected chi connectivity index (χ2v) is 6.87. The molecule has 0 radical (unpaired) electrons. The number of aromatic nitrogens is 2. The van der Waals surface area contributed by atoms with Crippen molar-refractivity contribution < 1.29 is 0 Å². The van der Waals surface area contributed by atoms with Gasteiger partial charge in [0.15, 0.2) is 5.16 Å². The summed E-state index contributed by atoms with van der Waals surface area (Å²) in [6.07, 6.45) is 6.41. The molecule has 2 aliphatic heterocycles. The molecule has 0 spiro atoms. The minimum atomic E-state index is 0.892. The molecule has 0 aliphatic carbocycles. The quantitative estimate of drug-likeness (QED) is 0.679. The summed E-state index contributed by atoms with van der Waals surface area (Å²) in [5, 5.41) is 4.38. The number of fused-ring (bicyclic) bond motifs is 2. The van der Waals surface area contributed by atoms with Crippen molar-refractivity contribution in [2.75, 3.05) is 30.8 Å². The highest BCUT2D eigenvalue weighted by atomic mass is 32.2. The highest BCUT2D eigenvalue weighted by molar-refractivity contribution is 7.98. The molecule has 5 heteroatoms. The third-order valence-corrected chi connectivity index (χ3v) is 5.24. The van der Waals surface area contributed by atoms with Gasteiger partial charge in [-0.05, 0) is 43.7 Å². The molecule has 1 aromatic heterocycles. The van der Waals surface area contributed by atoms with Crippen LogP contribution >= 0.6 is 11.8 Å². The van der Waals surface area contributed by atoms with Crippen molar-refractivity contribution in [3.63, 3.8) is 0 Å². The fourth-order valence-corrected chi connectivity index (χ4v) is 3.95. The molecule has 0 fully saturated rings. The van der Waals surface area contributed by atoms with Gasteiger partial charge in [0.1, 0.15) is 5.82 Å². The zero-order valence-corrected chi connectivity index (χ0v) is 14.3. The van der Waals surface area contributed by atoms with Crippen molar-refractivity contribution in [1.29, 1.82) is 0 Å². The summed E-state index contributed by atoms with van der Waals surface area (Å²) in [6, 6.07) is 8.75. The van der Waals surface area contributed by atoms with E-state index in [1.807, 2.05) is 0 Å². The van der Waals surface area contributed by atoms with E-state index < -0.39 is 0 Å². The van der Waals surface area contributed by atoms with Crippen molar-refractivity contribution in [1.82, 2.24) is 15.3 Å². The van der Waals surface area contributed by atoms with Gasteiger partial charge in [-0.1, -0.05) is 30.0 Å². The molecule has 23 heavy (non-hydrogen) atoms. The number of benzene rings is 1. The first-order chi connectivity index (χ1) is 11.4. The Bertz CT molecular complexity index is 716. The van der Waals surface area contributed by atoms with Crippen molar-refractivity contribution >= 4 is 23.3 Å². The van der Waals surface area contributed by atoms with Gasteiger partial charge in [-0.3, -0.25) is 0 Å². The van der Waals surface area contributed by atoms with Crippen LogP contribution in [-0.4, -0.2) is 35.9 Å². The molecule has 3 heterocycles. The lowest BCUT2D eigenvalue weighted by atomic mass is 10.0. The molecule has 4 nitrogen and oxygen atoms in total. The largest absolute Gasteiger partial charge is 0.326 e. The number of thioether (sulfide) groups is 1. The number of anilines is 2. The van der Waals surface area contributed by atoms with Crippen molar-refractivity contribution in [2.24, 2.45) is 0 Å². The van der Waals surface area contributed by atoms with E-state index in [0.29, 0.717) is 0 Å². The topological polar surface area (TPSA) is 41.1 Å². The van der Waals surface area contributed by atoms with E-state index in [-0.39, 0.29) is 0 Å². The van der Waals surface area contributed by atoms with E-state index >= 15 is 0 Å². The molecule has 2 aliphatic rings. The van der Waals surface area contributed by atoms with E-state index in [0.717, 1.165) is 49.9 Å². The number of nitrogens with zero attached hydrogens (tertiary/aromatic N) is 3. The molecule has 0 bridgehead atoms. The lowest BCUT2D eigenvalue weighted by Gasteiger charge is -2.32. The maximum Gasteiger partial charge on any atom is 0.189 e. The number of aryl methyl sites for hydroxylation is 1. The Hall–Kier alpha value is -1.59. The van der Waals surface area contributed by atoms with Crippen LogP contribution < -0.4 is 10.2 Å². The van der Waals surface area contributed by atoms with Gasteiger partial charge < -0.3 is 10.2 Å². The van der Waals surface area contributed by atoms with Gasteiger partial charge in [0.2, 0.25) is 0 Å². The summed E-state index contributed by atoms with van der Waals surface area (Å²) in [5.41, 5.74) is 5.32. The average molecular weight is 326 g/mol. The molecule has 0 amide bonds. The van der Waals surface area contributed by atoms with E-state index in [2.05, 4.69) is 40.7 Å². The fourth-order valence-electron chi connectivity index (χ4n) is 3.57. The smallest absolute Gasteiger partial charge is 0.189 e. The predicted octanol–water partition coefficient (Wildman–Crippen LogP) is 2.97. The minimum absolute atomic E-state index is 0.892. The molecular formula is C18H22N4S. The van der Waals surface area contributed by atoms with Gasteiger partial charge in [-0.15, -0.1) is 0 Å². The van der Waals surface area contributed by atoms with E-state index in [1.54, 1.807) is 11.8 Å². The summed E-state index contributed by atoms with van der Waals surface area (Å²) in [7, 11) is 0. The number of para-hydroxylation sites is 1. The Morgan fingerprint density at radius 3 is 2.87 bits per heavy atom. The standard InChI is InChI=1S/C18H22N4S/c1-23-18-20-15-9-11-19-10-8-14(15)17(21-18)22-12-4-6-13-5-2-3-7-16(13)22/h2-3,5,7,19H,4,6,8-12H2,1H3. The van der Waals surface area contributed by atoms with Crippen LogP contribution in [0.4, 0.5) is 11.5 Å². The van der Waals surface area contributed by atoms with E-state index in [9.17, 15) is 0 Å². The van der Waals surface area contributed by atoms with Crippen LogP contribution in [0.1, 0.15) is 23.2 Å². The first-order valence-corrected chi connectivity index (χ1v) is 9.59. The van der Waals surface area contributed by atoms with E-state index in [4.69, 9.17) is 9.97 Å². The van der Waals surface area contributed by atoms with Gasteiger partial charge in [0.25, 0.3) is 0 Å². The monoisotopic (exact) mass is 326 g/mol.